The van der Waals surface area contributed by atoms with Crippen molar-refractivity contribution in [2.45, 2.75) is 18.9 Å². The largest absolute Gasteiger partial charge is 0.484 e. The molecule has 0 saturated carbocycles. The highest BCUT2D eigenvalue weighted by Crippen LogP contribution is 2.12. The fraction of sp³-hybridized carbons (Fsp3) is 0.462. The summed E-state index contributed by atoms with van der Waals surface area (Å²) >= 11 is 0. The molecule has 0 radical (unpaired) electrons. The van der Waals surface area contributed by atoms with Crippen molar-refractivity contribution < 1.29 is 18.7 Å². The van der Waals surface area contributed by atoms with E-state index in [1.165, 1.54) is 18.2 Å². The number of carbonyl (C=O) groups excluding carboxylic acids is 1. The predicted molar refractivity (Wildman–Crippen MR) is 63.9 cm³/mol. The van der Waals surface area contributed by atoms with E-state index < -0.39 is 0 Å². The molecule has 0 aromatic heterocycles. The Balaban J connectivity index is 1.68. The number of nitrogens with one attached hydrogen (secondary N) is 1. The fourth-order valence-corrected chi connectivity index (χ4v) is 1.79. The van der Waals surface area contributed by atoms with Gasteiger partial charge < -0.3 is 14.8 Å². The van der Waals surface area contributed by atoms with Gasteiger partial charge in [-0.3, -0.25) is 4.79 Å². The topological polar surface area (TPSA) is 47.6 Å². The minimum absolute atomic E-state index is 0.114. The number of rotatable bonds is 5. The molecule has 2 rings (SSSR count). The molecule has 0 bridgehead atoms. The van der Waals surface area contributed by atoms with Crippen LogP contribution < -0.4 is 10.1 Å². The van der Waals surface area contributed by atoms with Gasteiger partial charge in [-0.25, -0.2) is 4.39 Å². The Morgan fingerprint density at radius 2 is 2.44 bits per heavy atom. The highest BCUT2D eigenvalue weighted by Gasteiger charge is 2.16. The Bertz CT molecular complexity index is 405. The lowest BCUT2D eigenvalue weighted by atomic mass is 10.2. The van der Waals surface area contributed by atoms with E-state index in [0.29, 0.717) is 12.3 Å². The van der Waals surface area contributed by atoms with Crippen molar-refractivity contribution in [3.8, 4) is 5.75 Å². The molecule has 0 spiro atoms. The maximum absolute atomic E-state index is 12.8. The van der Waals surface area contributed by atoms with E-state index in [1.807, 2.05) is 0 Å². The maximum atomic E-state index is 12.8. The molecule has 1 aromatic carbocycles. The average Bonchev–Trinajstić information content (AvgIpc) is 2.87. The Morgan fingerprint density at radius 3 is 3.17 bits per heavy atom. The molecular weight excluding hydrogens is 237 g/mol. The zero-order valence-corrected chi connectivity index (χ0v) is 10.0. The van der Waals surface area contributed by atoms with Crippen LogP contribution in [0.1, 0.15) is 12.8 Å². The van der Waals surface area contributed by atoms with E-state index in [4.69, 9.17) is 9.47 Å². The average molecular weight is 253 g/mol. The summed E-state index contributed by atoms with van der Waals surface area (Å²) in [6.45, 7) is 1.15. The molecule has 4 nitrogen and oxygen atoms in total. The fourth-order valence-electron chi connectivity index (χ4n) is 1.79. The van der Waals surface area contributed by atoms with E-state index in [2.05, 4.69) is 5.32 Å². The molecule has 1 saturated heterocycles. The second-order valence-corrected chi connectivity index (χ2v) is 4.19. The van der Waals surface area contributed by atoms with Crippen molar-refractivity contribution in [3.63, 3.8) is 0 Å². The first-order valence-electron chi connectivity index (χ1n) is 6.01. The minimum atomic E-state index is -0.382. The SMILES string of the molecule is O=C(COc1cccc(F)c1)NCC1CCCO1. The van der Waals surface area contributed by atoms with E-state index in [1.54, 1.807) is 6.07 Å². The highest BCUT2D eigenvalue weighted by molar-refractivity contribution is 5.77. The van der Waals surface area contributed by atoms with Gasteiger partial charge in [0, 0.05) is 19.2 Å². The van der Waals surface area contributed by atoms with Crippen molar-refractivity contribution in [1.29, 1.82) is 0 Å². The molecule has 1 atom stereocenters. The summed E-state index contributed by atoms with van der Waals surface area (Å²) in [5, 5.41) is 2.73. The van der Waals surface area contributed by atoms with Crippen LogP contribution in [0.3, 0.4) is 0 Å². The lowest BCUT2D eigenvalue weighted by Crippen LogP contribution is -2.35. The second-order valence-electron chi connectivity index (χ2n) is 4.19. The van der Waals surface area contributed by atoms with Crippen molar-refractivity contribution in [1.82, 2.24) is 5.32 Å². The third-order valence-corrected chi connectivity index (χ3v) is 2.72. The summed E-state index contributed by atoms with van der Waals surface area (Å²) in [6.07, 6.45) is 2.13. The number of hydrogen-bond acceptors (Lipinski definition) is 3. The van der Waals surface area contributed by atoms with Gasteiger partial charge in [-0.2, -0.15) is 0 Å². The Labute approximate surface area is 105 Å². The van der Waals surface area contributed by atoms with Crippen LogP contribution in [-0.2, 0) is 9.53 Å². The molecular formula is C13H16FNO3. The quantitative estimate of drug-likeness (QED) is 0.865. The molecule has 1 amide bonds. The van der Waals surface area contributed by atoms with Crippen LogP contribution in [0.4, 0.5) is 4.39 Å². The summed E-state index contributed by atoms with van der Waals surface area (Å²) in [5.41, 5.74) is 0. The van der Waals surface area contributed by atoms with Gasteiger partial charge >= 0.3 is 0 Å². The maximum Gasteiger partial charge on any atom is 0.258 e. The third-order valence-electron chi connectivity index (χ3n) is 2.72. The summed E-state index contributed by atoms with van der Waals surface area (Å²) < 4.78 is 23.4. The smallest absolute Gasteiger partial charge is 0.258 e. The first kappa shape index (κ1) is 12.8. The van der Waals surface area contributed by atoms with Crippen LogP contribution in [0.5, 0.6) is 5.75 Å². The summed E-state index contributed by atoms with van der Waals surface area (Å²) in [5.74, 6) is -0.260. The Morgan fingerprint density at radius 1 is 1.56 bits per heavy atom. The molecule has 18 heavy (non-hydrogen) atoms. The lowest BCUT2D eigenvalue weighted by molar-refractivity contribution is -0.123. The van der Waals surface area contributed by atoms with Crippen molar-refractivity contribution >= 4 is 5.91 Å². The number of hydrogen-bond donors (Lipinski definition) is 1. The van der Waals surface area contributed by atoms with E-state index in [9.17, 15) is 9.18 Å². The van der Waals surface area contributed by atoms with Crippen LogP contribution in [-0.4, -0.2) is 31.8 Å². The number of benzene rings is 1. The number of ether oxygens (including phenoxy) is 2. The van der Waals surface area contributed by atoms with Gasteiger partial charge in [0.15, 0.2) is 6.61 Å². The molecule has 1 unspecified atom stereocenters. The van der Waals surface area contributed by atoms with Gasteiger partial charge in [0.2, 0.25) is 0 Å². The number of amides is 1. The van der Waals surface area contributed by atoms with Gasteiger partial charge in [0.25, 0.3) is 5.91 Å². The molecule has 1 aromatic rings. The van der Waals surface area contributed by atoms with Gasteiger partial charge in [-0.15, -0.1) is 0 Å². The molecule has 1 heterocycles. The van der Waals surface area contributed by atoms with Gasteiger partial charge in [0.05, 0.1) is 6.10 Å². The van der Waals surface area contributed by atoms with E-state index in [-0.39, 0.29) is 24.4 Å². The molecule has 1 aliphatic heterocycles. The van der Waals surface area contributed by atoms with Crippen LogP contribution in [0.25, 0.3) is 0 Å². The monoisotopic (exact) mass is 253 g/mol. The zero-order valence-electron chi connectivity index (χ0n) is 10.0. The highest BCUT2D eigenvalue weighted by atomic mass is 19.1. The minimum Gasteiger partial charge on any atom is -0.484 e. The molecule has 1 fully saturated rings. The third kappa shape index (κ3) is 4.00. The number of halogens is 1. The van der Waals surface area contributed by atoms with Crippen molar-refractivity contribution in [3.05, 3.63) is 30.1 Å². The van der Waals surface area contributed by atoms with Gasteiger partial charge in [-0.05, 0) is 25.0 Å². The molecule has 0 aliphatic carbocycles. The van der Waals surface area contributed by atoms with Gasteiger partial charge in [0.1, 0.15) is 11.6 Å². The van der Waals surface area contributed by atoms with Crippen LogP contribution in [0.15, 0.2) is 24.3 Å². The zero-order chi connectivity index (χ0) is 12.8. The first-order chi connectivity index (χ1) is 8.74. The van der Waals surface area contributed by atoms with Crippen LogP contribution in [0, 0.1) is 5.82 Å². The van der Waals surface area contributed by atoms with Crippen molar-refractivity contribution in [2.75, 3.05) is 19.8 Å². The Hall–Kier alpha value is -1.62. The van der Waals surface area contributed by atoms with E-state index in [0.717, 1.165) is 19.4 Å². The standard InChI is InChI=1S/C13H16FNO3/c14-10-3-1-4-11(7-10)18-9-13(16)15-8-12-5-2-6-17-12/h1,3-4,7,12H,2,5-6,8-9H2,(H,15,16). The molecule has 1 N–H and O–H groups in total. The molecule has 98 valence electrons. The summed E-state index contributed by atoms with van der Waals surface area (Å²) in [7, 11) is 0. The van der Waals surface area contributed by atoms with Gasteiger partial charge in [-0.1, -0.05) is 6.07 Å². The molecule has 5 heteroatoms. The normalized spacial score (nSPS) is 18.6. The van der Waals surface area contributed by atoms with Crippen LogP contribution in [0.2, 0.25) is 0 Å². The summed E-state index contributed by atoms with van der Waals surface area (Å²) in [6, 6.07) is 5.71. The predicted octanol–water partition coefficient (Wildman–Crippen LogP) is 1.50. The van der Waals surface area contributed by atoms with Crippen LogP contribution >= 0.6 is 0 Å². The van der Waals surface area contributed by atoms with Crippen molar-refractivity contribution in [2.24, 2.45) is 0 Å². The summed E-state index contributed by atoms with van der Waals surface area (Å²) in [4.78, 5) is 11.5. The number of carbonyl (C=O) groups is 1. The first-order valence-corrected chi connectivity index (χ1v) is 6.01. The second kappa shape index (κ2) is 6.35. The molecule has 1 aliphatic rings. The van der Waals surface area contributed by atoms with E-state index >= 15 is 0 Å². The Kier molecular flexibility index (Phi) is 4.52. The lowest BCUT2D eigenvalue weighted by Gasteiger charge is -2.11.